The third-order valence-corrected chi connectivity index (χ3v) is 5.40. The van der Waals surface area contributed by atoms with Crippen molar-refractivity contribution in [2.75, 3.05) is 0 Å². The summed E-state index contributed by atoms with van der Waals surface area (Å²) in [5.41, 5.74) is 1.10. The Morgan fingerprint density at radius 2 is 1.13 bits per heavy atom. The predicted octanol–water partition coefficient (Wildman–Crippen LogP) is 8.02. The van der Waals surface area contributed by atoms with Gasteiger partial charge in [0.25, 0.3) is 0 Å². The van der Waals surface area contributed by atoms with Crippen LogP contribution < -0.4 is 0 Å². The minimum absolute atomic E-state index is 0.0346. The first kappa shape index (κ1) is 19.2. The fourth-order valence-corrected chi connectivity index (χ4v) is 4.11. The maximum absolute atomic E-state index is 15.2. The lowest BCUT2D eigenvalue weighted by Gasteiger charge is -2.18. The van der Waals surface area contributed by atoms with Crippen molar-refractivity contribution < 1.29 is 22.0 Å². The summed E-state index contributed by atoms with van der Waals surface area (Å²) < 4.78 is 72.2. The molecule has 31 heavy (non-hydrogen) atoms. The number of hydrogen-bond acceptors (Lipinski definition) is 0. The third-order valence-electron chi connectivity index (χ3n) is 5.40. The molecule has 5 aromatic rings. The second-order valence-electron chi connectivity index (χ2n) is 7.21. The molecule has 0 aliphatic heterocycles. The molecule has 0 fully saturated rings. The standard InChI is InChI=1S/C26H13F5/c27-15-9-10-16(21(29)11-15)25-17-7-4-8-20(28)26(17)24(14-5-2-1-3-6-14)18-12-22(30)23(31)13-19(18)25/h1-13H. The molecule has 0 heterocycles. The van der Waals surface area contributed by atoms with E-state index in [1.807, 2.05) is 0 Å². The first-order valence-electron chi connectivity index (χ1n) is 9.49. The van der Waals surface area contributed by atoms with E-state index in [9.17, 15) is 17.6 Å². The smallest absolute Gasteiger partial charge is 0.159 e. The normalized spacial score (nSPS) is 11.4. The fraction of sp³-hybridized carbons (Fsp3) is 0. The summed E-state index contributed by atoms with van der Waals surface area (Å²) in [5, 5.41) is 0.872. The van der Waals surface area contributed by atoms with E-state index in [1.165, 1.54) is 18.2 Å². The topological polar surface area (TPSA) is 0 Å². The quantitative estimate of drug-likeness (QED) is 0.200. The molecule has 0 saturated carbocycles. The Balaban J connectivity index is 2.08. The highest BCUT2D eigenvalue weighted by molar-refractivity contribution is 6.21. The molecule has 5 rings (SSSR count). The maximum Gasteiger partial charge on any atom is 0.159 e. The summed E-state index contributed by atoms with van der Waals surface area (Å²) in [6, 6.07) is 18.0. The Kier molecular flexibility index (Phi) is 4.47. The molecule has 0 spiro atoms. The van der Waals surface area contributed by atoms with Crippen LogP contribution in [0, 0.1) is 29.1 Å². The Morgan fingerprint density at radius 1 is 0.452 bits per heavy atom. The third kappa shape index (κ3) is 3.05. The van der Waals surface area contributed by atoms with Crippen molar-refractivity contribution in [2.24, 2.45) is 0 Å². The average Bonchev–Trinajstić information content (AvgIpc) is 2.75. The van der Waals surface area contributed by atoms with E-state index >= 15 is 4.39 Å². The van der Waals surface area contributed by atoms with E-state index in [0.717, 1.165) is 18.2 Å². The van der Waals surface area contributed by atoms with E-state index in [1.54, 1.807) is 36.4 Å². The SMILES string of the molecule is Fc1ccc(-c2c3cc(F)c(F)cc3c(-c3ccccc3)c3c(F)cccc23)c(F)c1. The van der Waals surface area contributed by atoms with Gasteiger partial charge >= 0.3 is 0 Å². The highest BCUT2D eigenvalue weighted by atomic mass is 19.2. The minimum atomic E-state index is -1.12. The van der Waals surface area contributed by atoms with Crippen molar-refractivity contribution in [3.8, 4) is 22.3 Å². The van der Waals surface area contributed by atoms with E-state index < -0.39 is 29.1 Å². The maximum atomic E-state index is 15.2. The molecule has 0 atom stereocenters. The number of hydrogen-bond donors (Lipinski definition) is 0. The van der Waals surface area contributed by atoms with Crippen LogP contribution in [0.4, 0.5) is 22.0 Å². The van der Waals surface area contributed by atoms with Crippen molar-refractivity contribution >= 4 is 21.5 Å². The summed E-state index contributed by atoms with van der Waals surface area (Å²) in [4.78, 5) is 0. The van der Waals surface area contributed by atoms with E-state index in [4.69, 9.17) is 0 Å². The molecule has 0 amide bonds. The lowest BCUT2D eigenvalue weighted by Crippen LogP contribution is -1.97. The van der Waals surface area contributed by atoms with Gasteiger partial charge in [0.15, 0.2) is 11.6 Å². The zero-order valence-corrected chi connectivity index (χ0v) is 15.9. The number of fused-ring (bicyclic) bond motifs is 2. The number of benzene rings is 5. The van der Waals surface area contributed by atoms with Gasteiger partial charge in [-0.2, -0.15) is 0 Å². The van der Waals surface area contributed by atoms with Gasteiger partial charge in [0.1, 0.15) is 17.5 Å². The molecule has 0 N–H and O–H groups in total. The Morgan fingerprint density at radius 3 is 1.81 bits per heavy atom. The molecule has 0 radical (unpaired) electrons. The predicted molar refractivity (Wildman–Crippen MR) is 112 cm³/mol. The summed E-state index contributed by atoms with van der Waals surface area (Å²) in [6.07, 6.45) is 0. The second kappa shape index (κ2) is 7.20. The first-order valence-corrected chi connectivity index (χ1v) is 9.49. The molecule has 0 unspecified atom stereocenters. The highest BCUT2D eigenvalue weighted by Gasteiger charge is 2.22. The fourth-order valence-electron chi connectivity index (χ4n) is 4.11. The zero-order valence-electron chi connectivity index (χ0n) is 15.9. The number of halogens is 5. The largest absolute Gasteiger partial charge is 0.207 e. The Bertz CT molecular complexity index is 1470. The first-order chi connectivity index (χ1) is 15.0. The lowest BCUT2D eigenvalue weighted by molar-refractivity contribution is 0.511. The summed E-state index contributed by atoms with van der Waals surface area (Å²) >= 11 is 0. The van der Waals surface area contributed by atoms with Gasteiger partial charge in [-0.15, -0.1) is 0 Å². The molecule has 5 heteroatoms. The highest BCUT2D eigenvalue weighted by Crippen LogP contribution is 2.45. The van der Waals surface area contributed by atoms with Crippen LogP contribution in [0.15, 0.2) is 78.9 Å². The van der Waals surface area contributed by atoms with Gasteiger partial charge in [-0.1, -0.05) is 42.5 Å². The van der Waals surface area contributed by atoms with Crippen molar-refractivity contribution in [3.05, 3.63) is 108 Å². The van der Waals surface area contributed by atoms with Gasteiger partial charge in [0.2, 0.25) is 0 Å². The van der Waals surface area contributed by atoms with Crippen molar-refractivity contribution in [1.82, 2.24) is 0 Å². The lowest BCUT2D eigenvalue weighted by atomic mass is 9.85. The minimum Gasteiger partial charge on any atom is -0.207 e. The van der Waals surface area contributed by atoms with Crippen LogP contribution in [0.2, 0.25) is 0 Å². The van der Waals surface area contributed by atoms with Gasteiger partial charge < -0.3 is 0 Å². The molecule has 0 aromatic heterocycles. The average molecular weight is 420 g/mol. The molecule has 0 aliphatic carbocycles. The number of rotatable bonds is 2. The van der Waals surface area contributed by atoms with Crippen LogP contribution >= 0.6 is 0 Å². The molecule has 0 bridgehead atoms. The van der Waals surface area contributed by atoms with Gasteiger partial charge in [-0.25, -0.2) is 22.0 Å². The molecule has 152 valence electrons. The van der Waals surface area contributed by atoms with Gasteiger partial charge in [-0.05, 0) is 52.1 Å². The summed E-state index contributed by atoms with van der Waals surface area (Å²) in [7, 11) is 0. The second-order valence-corrected chi connectivity index (χ2v) is 7.21. The van der Waals surface area contributed by atoms with Crippen LogP contribution in [0.3, 0.4) is 0 Å². The molecular weight excluding hydrogens is 407 g/mol. The van der Waals surface area contributed by atoms with Crippen LogP contribution in [-0.4, -0.2) is 0 Å². The zero-order chi connectivity index (χ0) is 21.7. The Hall–Kier alpha value is -3.73. The summed E-state index contributed by atoms with van der Waals surface area (Å²) in [5.74, 6) is -4.48. The molecule has 0 saturated heterocycles. The van der Waals surface area contributed by atoms with Crippen molar-refractivity contribution in [2.45, 2.75) is 0 Å². The van der Waals surface area contributed by atoms with E-state index in [2.05, 4.69) is 0 Å². The van der Waals surface area contributed by atoms with Crippen LogP contribution in [-0.2, 0) is 0 Å². The molecule has 0 nitrogen and oxygen atoms in total. The van der Waals surface area contributed by atoms with Crippen molar-refractivity contribution in [1.29, 1.82) is 0 Å². The van der Waals surface area contributed by atoms with Gasteiger partial charge in [-0.3, -0.25) is 0 Å². The molecular formula is C26H13F5. The van der Waals surface area contributed by atoms with Crippen LogP contribution in [0.5, 0.6) is 0 Å². The van der Waals surface area contributed by atoms with Gasteiger partial charge in [0.05, 0.1) is 0 Å². The van der Waals surface area contributed by atoms with Crippen LogP contribution in [0.25, 0.3) is 43.8 Å². The van der Waals surface area contributed by atoms with Gasteiger partial charge in [0, 0.05) is 28.1 Å². The summed E-state index contributed by atoms with van der Waals surface area (Å²) in [6.45, 7) is 0. The van der Waals surface area contributed by atoms with Crippen molar-refractivity contribution in [3.63, 3.8) is 0 Å². The monoisotopic (exact) mass is 420 g/mol. The molecule has 0 aliphatic rings. The Labute approximate surface area is 174 Å². The van der Waals surface area contributed by atoms with Crippen LogP contribution in [0.1, 0.15) is 0 Å². The van der Waals surface area contributed by atoms with E-state index in [0.29, 0.717) is 22.6 Å². The molecule has 5 aromatic carbocycles. The van der Waals surface area contributed by atoms with E-state index in [-0.39, 0.29) is 27.3 Å².